The number of nitrogens with one attached hydrogen (secondary N) is 1. The predicted molar refractivity (Wildman–Crippen MR) is 76.6 cm³/mol. The van der Waals surface area contributed by atoms with E-state index in [2.05, 4.69) is 41.5 Å². The van der Waals surface area contributed by atoms with E-state index >= 15 is 0 Å². The highest BCUT2D eigenvalue weighted by Crippen LogP contribution is 2.19. The summed E-state index contributed by atoms with van der Waals surface area (Å²) in [6.07, 6.45) is 2.80. The van der Waals surface area contributed by atoms with Crippen LogP contribution in [0.15, 0.2) is 48.7 Å². The topological polar surface area (TPSA) is 50.9 Å². The first kappa shape index (κ1) is 12.4. The number of aromatic nitrogens is 1. The number of benzene rings is 1. The van der Waals surface area contributed by atoms with Crippen molar-refractivity contribution in [1.82, 2.24) is 4.98 Å². The summed E-state index contributed by atoms with van der Waals surface area (Å²) >= 11 is 0. The van der Waals surface area contributed by atoms with Gasteiger partial charge in [0.1, 0.15) is 5.82 Å². The molecular formula is C15H19N3. The molecule has 0 aliphatic carbocycles. The fourth-order valence-corrected chi connectivity index (χ4v) is 1.92. The third-order valence-electron chi connectivity index (χ3n) is 3.08. The first-order valence-electron chi connectivity index (χ1n) is 6.26. The first-order valence-corrected chi connectivity index (χ1v) is 6.26. The number of hydrogen-bond donors (Lipinski definition) is 2. The van der Waals surface area contributed by atoms with Crippen molar-refractivity contribution >= 4 is 11.5 Å². The number of nitrogen functional groups attached to an aromatic ring is 1. The smallest absolute Gasteiger partial charge is 0.149 e. The molecule has 0 saturated carbocycles. The largest absolute Gasteiger partial charge is 0.396 e. The van der Waals surface area contributed by atoms with E-state index in [-0.39, 0.29) is 0 Å². The molecule has 0 aliphatic rings. The Kier molecular flexibility index (Phi) is 4.18. The Hall–Kier alpha value is -2.03. The quantitative estimate of drug-likeness (QED) is 0.844. The Morgan fingerprint density at radius 1 is 1.17 bits per heavy atom. The summed E-state index contributed by atoms with van der Waals surface area (Å²) in [7, 11) is 0. The molecule has 1 unspecified atom stereocenters. The van der Waals surface area contributed by atoms with Crippen LogP contribution in [0, 0.1) is 0 Å². The zero-order chi connectivity index (χ0) is 12.8. The molecule has 18 heavy (non-hydrogen) atoms. The van der Waals surface area contributed by atoms with E-state index in [0.717, 1.165) is 18.8 Å². The zero-order valence-corrected chi connectivity index (χ0v) is 10.6. The molecule has 94 valence electrons. The molecule has 0 saturated heterocycles. The average molecular weight is 241 g/mol. The van der Waals surface area contributed by atoms with Crippen LogP contribution in [0.5, 0.6) is 0 Å². The molecule has 3 N–H and O–H groups in total. The van der Waals surface area contributed by atoms with Crippen molar-refractivity contribution in [3.05, 3.63) is 54.2 Å². The molecule has 3 heteroatoms. The van der Waals surface area contributed by atoms with Gasteiger partial charge in [-0.05, 0) is 30.0 Å². The molecule has 1 heterocycles. The number of hydrogen-bond acceptors (Lipinski definition) is 3. The fourth-order valence-electron chi connectivity index (χ4n) is 1.92. The van der Waals surface area contributed by atoms with Crippen LogP contribution in [0.3, 0.4) is 0 Å². The molecule has 1 aromatic heterocycles. The van der Waals surface area contributed by atoms with E-state index in [1.807, 2.05) is 18.2 Å². The lowest BCUT2D eigenvalue weighted by molar-refractivity contribution is 0.705. The standard InChI is InChI=1S/C15H19N3/c1-12(13-6-3-2-4-7-13)9-11-18-15-14(16)8-5-10-17-15/h2-8,10,12H,9,11,16H2,1H3,(H,17,18). The lowest BCUT2D eigenvalue weighted by Gasteiger charge is -2.13. The lowest BCUT2D eigenvalue weighted by Crippen LogP contribution is -2.08. The van der Waals surface area contributed by atoms with E-state index < -0.39 is 0 Å². The van der Waals surface area contributed by atoms with Gasteiger partial charge in [-0.2, -0.15) is 0 Å². The number of pyridine rings is 1. The number of rotatable bonds is 5. The van der Waals surface area contributed by atoms with Gasteiger partial charge in [0, 0.05) is 12.7 Å². The number of nitrogens with two attached hydrogens (primary N) is 1. The van der Waals surface area contributed by atoms with Crippen molar-refractivity contribution < 1.29 is 0 Å². The monoisotopic (exact) mass is 241 g/mol. The van der Waals surface area contributed by atoms with Gasteiger partial charge in [-0.1, -0.05) is 37.3 Å². The normalized spacial score (nSPS) is 12.1. The highest BCUT2D eigenvalue weighted by atomic mass is 15.0. The molecule has 0 amide bonds. The van der Waals surface area contributed by atoms with E-state index in [0.29, 0.717) is 11.6 Å². The summed E-state index contributed by atoms with van der Waals surface area (Å²) in [5.41, 5.74) is 7.89. The molecule has 2 aromatic rings. The molecule has 1 aromatic carbocycles. The summed E-state index contributed by atoms with van der Waals surface area (Å²) in [5.74, 6) is 1.31. The van der Waals surface area contributed by atoms with Crippen LogP contribution in [0.25, 0.3) is 0 Å². The van der Waals surface area contributed by atoms with Crippen LogP contribution in [-0.4, -0.2) is 11.5 Å². The molecule has 2 rings (SSSR count). The minimum absolute atomic E-state index is 0.531. The van der Waals surface area contributed by atoms with E-state index in [1.165, 1.54) is 5.56 Å². The zero-order valence-electron chi connectivity index (χ0n) is 10.6. The Morgan fingerprint density at radius 2 is 1.94 bits per heavy atom. The van der Waals surface area contributed by atoms with Crippen molar-refractivity contribution in [3.63, 3.8) is 0 Å². The summed E-state index contributed by atoms with van der Waals surface area (Å²) in [6, 6.07) is 14.2. The summed E-state index contributed by atoms with van der Waals surface area (Å²) in [5, 5.41) is 3.28. The SMILES string of the molecule is CC(CCNc1ncccc1N)c1ccccc1. The predicted octanol–water partition coefficient (Wildman–Crippen LogP) is 3.27. The highest BCUT2D eigenvalue weighted by Gasteiger charge is 2.05. The lowest BCUT2D eigenvalue weighted by atomic mass is 9.98. The molecule has 3 nitrogen and oxygen atoms in total. The molecule has 0 fully saturated rings. The molecule has 0 aliphatic heterocycles. The summed E-state index contributed by atoms with van der Waals surface area (Å²) < 4.78 is 0. The van der Waals surface area contributed by atoms with Crippen LogP contribution in [0.2, 0.25) is 0 Å². The maximum absolute atomic E-state index is 5.82. The average Bonchev–Trinajstić information content (AvgIpc) is 2.42. The maximum Gasteiger partial charge on any atom is 0.149 e. The maximum atomic E-state index is 5.82. The Bertz CT molecular complexity index is 482. The van der Waals surface area contributed by atoms with Gasteiger partial charge in [-0.15, -0.1) is 0 Å². The van der Waals surface area contributed by atoms with Crippen molar-refractivity contribution in [1.29, 1.82) is 0 Å². The van der Waals surface area contributed by atoms with Gasteiger partial charge in [-0.3, -0.25) is 0 Å². The van der Waals surface area contributed by atoms with E-state index in [4.69, 9.17) is 5.73 Å². The third-order valence-corrected chi connectivity index (χ3v) is 3.08. The molecule has 1 atom stereocenters. The second kappa shape index (κ2) is 6.05. The van der Waals surface area contributed by atoms with Gasteiger partial charge in [0.2, 0.25) is 0 Å². The molecule has 0 spiro atoms. The number of nitrogens with zero attached hydrogens (tertiary/aromatic N) is 1. The van der Waals surface area contributed by atoms with Crippen LogP contribution in [0.4, 0.5) is 11.5 Å². The summed E-state index contributed by atoms with van der Waals surface area (Å²) in [6.45, 7) is 3.11. The van der Waals surface area contributed by atoms with Gasteiger partial charge in [0.05, 0.1) is 5.69 Å². The Labute approximate surface area is 108 Å². The first-order chi connectivity index (χ1) is 8.77. The van der Waals surface area contributed by atoms with Gasteiger partial charge in [0.25, 0.3) is 0 Å². The Balaban J connectivity index is 1.84. The third kappa shape index (κ3) is 3.23. The van der Waals surface area contributed by atoms with Crippen molar-refractivity contribution in [2.45, 2.75) is 19.3 Å². The van der Waals surface area contributed by atoms with Crippen molar-refractivity contribution in [2.24, 2.45) is 0 Å². The second-order valence-electron chi connectivity index (χ2n) is 4.47. The van der Waals surface area contributed by atoms with Gasteiger partial charge in [-0.25, -0.2) is 4.98 Å². The van der Waals surface area contributed by atoms with Gasteiger partial charge in [0.15, 0.2) is 0 Å². The minimum atomic E-state index is 0.531. The van der Waals surface area contributed by atoms with Crippen molar-refractivity contribution in [3.8, 4) is 0 Å². The minimum Gasteiger partial charge on any atom is -0.396 e. The fraction of sp³-hybridized carbons (Fsp3) is 0.267. The van der Waals surface area contributed by atoms with Gasteiger partial charge < -0.3 is 11.1 Å². The highest BCUT2D eigenvalue weighted by molar-refractivity contribution is 5.60. The second-order valence-corrected chi connectivity index (χ2v) is 4.47. The van der Waals surface area contributed by atoms with E-state index in [9.17, 15) is 0 Å². The van der Waals surface area contributed by atoms with Crippen LogP contribution < -0.4 is 11.1 Å². The molecule has 0 radical (unpaired) electrons. The van der Waals surface area contributed by atoms with Crippen LogP contribution in [0.1, 0.15) is 24.8 Å². The Morgan fingerprint density at radius 3 is 2.67 bits per heavy atom. The van der Waals surface area contributed by atoms with Gasteiger partial charge >= 0.3 is 0 Å². The molecular weight excluding hydrogens is 222 g/mol. The van der Waals surface area contributed by atoms with E-state index in [1.54, 1.807) is 6.20 Å². The van der Waals surface area contributed by atoms with Crippen molar-refractivity contribution in [2.75, 3.05) is 17.6 Å². The summed E-state index contributed by atoms with van der Waals surface area (Å²) in [4.78, 5) is 4.21. The number of anilines is 2. The van der Waals surface area contributed by atoms with Crippen LogP contribution in [-0.2, 0) is 0 Å². The van der Waals surface area contributed by atoms with Crippen LogP contribution >= 0.6 is 0 Å². The molecule has 0 bridgehead atoms.